The molecule has 0 aromatic rings. The van der Waals surface area contributed by atoms with Gasteiger partial charge >= 0.3 is 0 Å². The molecule has 0 aliphatic carbocycles. The topological polar surface area (TPSA) is 46.2 Å². The zero-order valence-electron chi connectivity index (χ0n) is 6.43. The Morgan fingerprint density at radius 1 is 1.36 bits per heavy atom. The van der Waals surface area contributed by atoms with Crippen molar-refractivity contribution in [2.45, 2.75) is 38.1 Å². The summed E-state index contributed by atoms with van der Waals surface area (Å²) < 4.78 is 0. The average Bonchev–Trinajstić information content (AvgIpc) is 1.96. The molecule has 1 unspecified atom stereocenters. The Morgan fingerprint density at radius 2 is 2.18 bits per heavy atom. The maximum Gasteiger partial charge on any atom is 0.222 e. The number of rotatable bonds is 1. The van der Waals surface area contributed by atoms with E-state index >= 15 is 0 Å². The van der Waals surface area contributed by atoms with Crippen molar-refractivity contribution < 1.29 is 9.59 Å². The second-order valence-electron chi connectivity index (χ2n) is 2.84. The number of hydrogen-bond donors (Lipinski definition) is 1. The Labute approximate surface area is 66.2 Å². The van der Waals surface area contributed by atoms with Crippen molar-refractivity contribution >= 4 is 12.2 Å². The van der Waals surface area contributed by atoms with Gasteiger partial charge in [-0.15, -0.1) is 0 Å². The Hall–Kier alpha value is -0.860. The van der Waals surface area contributed by atoms with Crippen LogP contribution in [0.4, 0.5) is 0 Å². The number of hydrogen-bond acceptors (Lipinski definition) is 2. The molecular formula is C8H12NO2. The van der Waals surface area contributed by atoms with Crippen LogP contribution in [0.25, 0.3) is 0 Å². The van der Waals surface area contributed by atoms with Gasteiger partial charge in [-0.1, -0.05) is 12.8 Å². The zero-order valence-corrected chi connectivity index (χ0v) is 6.43. The summed E-state index contributed by atoms with van der Waals surface area (Å²) in [4.78, 5) is 21.1. The highest BCUT2D eigenvalue weighted by Crippen LogP contribution is 2.08. The lowest BCUT2D eigenvalue weighted by Crippen LogP contribution is -2.36. The van der Waals surface area contributed by atoms with Crippen LogP contribution in [-0.4, -0.2) is 18.2 Å². The maximum atomic E-state index is 10.9. The first-order valence-electron chi connectivity index (χ1n) is 4.00. The molecule has 0 aromatic heterocycles. The fourth-order valence-corrected chi connectivity index (χ4v) is 1.24. The van der Waals surface area contributed by atoms with E-state index in [1.54, 1.807) is 0 Å². The molecule has 0 saturated carbocycles. The summed E-state index contributed by atoms with van der Waals surface area (Å²) in [6.45, 7) is 0. The van der Waals surface area contributed by atoms with Crippen LogP contribution in [-0.2, 0) is 9.59 Å². The molecule has 1 aliphatic heterocycles. The molecule has 1 amide bonds. The fourth-order valence-electron chi connectivity index (χ4n) is 1.24. The Bertz CT molecular complexity index is 156. The lowest BCUT2D eigenvalue weighted by atomic mass is 10.0. The molecule has 1 heterocycles. The van der Waals surface area contributed by atoms with Crippen LogP contribution >= 0.6 is 0 Å². The van der Waals surface area contributed by atoms with E-state index in [0.717, 1.165) is 25.7 Å². The van der Waals surface area contributed by atoms with Gasteiger partial charge in [0, 0.05) is 6.42 Å². The fraction of sp³-hybridized carbons (Fsp3) is 0.750. The van der Waals surface area contributed by atoms with Crippen LogP contribution in [0.15, 0.2) is 0 Å². The zero-order chi connectivity index (χ0) is 8.10. The molecule has 1 fully saturated rings. The monoisotopic (exact) mass is 154 g/mol. The SMILES string of the molecule is O=[C]C1CCCCCC(=O)N1. The van der Waals surface area contributed by atoms with E-state index in [1.165, 1.54) is 0 Å². The van der Waals surface area contributed by atoms with Gasteiger partial charge in [0.05, 0.1) is 6.04 Å². The molecule has 61 valence electrons. The van der Waals surface area contributed by atoms with Gasteiger partial charge in [0.15, 0.2) is 0 Å². The molecule has 1 N–H and O–H groups in total. The van der Waals surface area contributed by atoms with E-state index in [-0.39, 0.29) is 11.9 Å². The average molecular weight is 154 g/mol. The second-order valence-corrected chi connectivity index (χ2v) is 2.84. The van der Waals surface area contributed by atoms with Crippen LogP contribution in [0, 0.1) is 0 Å². The molecule has 0 spiro atoms. The molecule has 1 rings (SSSR count). The third-order valence-electron chi connectivity index (χ3n) is 1.87. The quantitative estimate of drug-likeness (QED) is 0.599. The van der Waals surface area contributed by atoms with E-state index in [4.69, 9.17) is 0 Å². The summed E-state index contributed by atoms with van der Waals surface area (Å²) in [5.41, 5.74) is 0. The third kappa shape index (κ3) is 2.70. The predicted molar refractivity (Wildman–Crippen MR) is 40.7 cm³/mol. The van der Waals surface area contributed by atoms with Crippen LogP contribution in [0.2, 0.25) is 0 Å². The van der Waals surface area contributed by atoms with Gasteiger partial charge in [0.25, 0.3) is 0 Å². The molecule has 1 saturated heterocycles. The van der Waals surface area contributed by atoms with Crippen LogP contribution in [0.5, 0.6) is 0 Å². The standard InChI is InChI=1S/C8H12NO2/c10-6-7-4-2-1-3-5-8(11)9-7/h7H,1-5H2,(H,9,11). The van der Waals surface area contributed by atoms with Crippen molar-refractivity contribution in [2.75, 3.05) is 0 Å². The van der Waals surface area contributed by atoms with Gasteiger partial charge in [-0.05, 0) is 12.8 Å². The highest BCUT2D eigenvalue weighted by atomic mass is 16.2. The van der Waals surface area contributed by atoms with Crippen molar-refractivity contribution in [3.05, 3.63) is 0 Å². The minimum atomic E-state index is -0.359. The summed E-state index contributed by atoms with van der Waals surface area (Å²) in [6.07, 6.45) is 6.12. The summed E-state index contributed by atoms with van der Waals surface area (Å²) in [5, 5.41) is 2.61. The predicted octanol–water partition coefficient (Wildman–Crippen LogP) is 0.545. The lowest BCUT2D eigenvalue weighted by Gasteiger charge is -2.14. The van der Waals surface area contributed by atoms with Gasteiger partial charge in [0.1, 0.15) is 0 Å². The Balaban J connectivity index is 2.41. The molecular weight excluding hydrogens is 142 g/mol. The largest absolute Gasteiger partial charge is 0.346 e. The minimum Gasteiger partial charge on any atom is -0.346 e. The molecule has 0 aromatic carbocycles. The van der Waals surface area contributed by atoms with Crippen LogP contribution in [0.1, 0.15) is 32.1 Å². The van der Waals surface area contributed by atoms with Gasteiger partial charge in [0.2, 0.25) is 12.2 Å². The minimum absolute atomic E-state index is 0.0157. The Morgan fingerprint density at radius 3 is 2.91 bits per heavy atom. The summed E-state index contributed by atoms with van der Waals surface area (Å²) >= 11 is 0. The highest BCUT2D eigenvalue weighted by Gasteiger charge is 2.13. The molecule has 3 heteroatoms. The molecule has 1 atom stereocenters. The smallest absolute Gasteiger partial charge is 0.222 e. The van der Waals surface area contributed by atoms with E-state index in [0.29, 0.717) is 6.42 Å². The van der Waals surface area contributed by atoms with Crippen molar-refractivity contribution in [3.63, 3.8) is 0 Å². The van der Waals surface area contributed by atoms with Gasteiger partial charge in [-0.25, -0.2) is 0 Å². The molecule has 0 bridgehead atoms. The van der Waals surface area contributed by atoms with E-state index < -0.39 is 0 Å². The van der Waals surface area contributed by atoms with E-state index in [1.807, 2.05) is 6.29 Å². The normalized spacial score (nSPS) is 26.5. The first kappa shape index (κ1) is 8.24. The van der Waals surface area contributed by atoms with Crippen molar-refractivity contribution in [2.24, 2.45) is 0 Å². The van der Waals surface area contributed by atoms with Crippen molar-refractivity contribution in [1.29, 1.82) is 0 Å². The van der Waals surface area contributed by atoms with Crippen LogP contribution in [0.3, 0.4) is 0 Å². The number of nitrogens with one attached hydrogen (secondary N) is 1. The summed E-state index contributed by atoms with van der Waals surface area (Å²) in [6, 6.07) is -0.359. The molecule has 3 nitrogen and oxygen atoms in total. The second kappa shape index (κ2) is 4.11. The van der Waals surface area contributed by atoms with Gasteiger partial charge in [-0.2, -0.15) is 0 Å². The maximum absolute atomic E-state index is 10.9. The van der Waals surface area contributed by atoms with Crippen molar-refractivity contribution in [3.8, 4) is 0 Å². The van der Waals surface area contributed by atoms with E-state index in [2.05, 4.69) is 5.32 Å². The first-order valence-corrected chi connectivity index (χ1v) is 4.00. The summed E-state index contributed by atoms with van der Waals surface area (Å²) in [5.74, 6) is -0.0157. The van der Waals surface area contributed by atoms with Gasteiger partial charge < -0.3 is 5.32 Å². The van der Waals surface area contributed by atoms with E-state index in [9.17, 15) is 9.59 Å². The Kier molecular flexibility index (Phi) is 3.08. The number of amides is 1. The molecule has 1 aliphatic rings. The number of carbonyl (C=O) groups excluding carboxylic acids is 2. The third-order valence-corrected chi connectivity index (χ3v) is 1.87. The lowest BCUT2D eigenvalue weighted by molar-refractivity contribution is -0.121. The van der Waals surface area contributed by atoms with Crippen LogP contribution < -0.4 is 5.32 Å². The number of carbonyl (C=O) groups is 1. The summed E-state index contributed by atoms with van der Waals surface area (Å²) in [7, 11) is 0. The molecule has 1 radical (unpaired) electrons. The molecule has 11 heavy (non-hydrogen) atoms. The van der Waals surface area contributed by atoms with Gasteiger partial charge in [-0.3, -0.25) is 9.59 Å². The van der Waals surface area contributed by atoms with Crippen molar-refractivity contribution in [1.82, 2.24) is 5.32 Å². The highest BCUT2D eigenvalue weighted by molar-refractivity contribution is 5.79. The first-order chi connectivity index (χ1) is 5.33.